The van der Waals surface area contributed by atoms with Crippen LogP contribution < -0.4 is 4.72 Å². The monoisotopic (exact) mass is 372 g/mol. The number of rotatable bonds is 3. The molecule has 6 nitrogen and oxygen atoms in total. The van der Waals surface area contributed by atoms with Crippen LogP contribution in [0.5, 0.6) is 0 Å². The molecular weight excluding hydrogens is 347 g/mol. The molecule has 0 saturated carbocycles. The molecule has 8 heteroatoms. The van der Waals surface area contributed by atoms with Crippen LogP contribution in [0.4, 0.5) is 10.1 Å². The standard InChI is InChI=1S/C17H25FN2O4S/c1-17(2,3)13-7-8-20(10-15(13)21)16(22)12-9-11(18)5-6-14(12)19-25(4,23)24/h5-6,9,13,15,19,21H,7-8,10H2,1-4H3/t13-,15-/m1/s1. The van der Waals surface area contributed by atoms with E-state index < -0.39 is 27.9 Å². The van der Waals surface area contributed by atoms with Gasteiger partial charge in [0.15, 0.2) is 0 Å². The topological polar surface area (TPSA) is 86.7 Å². The van der Waals surface area contributed by atoms with Crippen LogP contribution in [-0.2, 0) is 10.0 Å². The summed E-state index contributed by atoms with van der Waals surface area (Å²) in [6, 6.07) is 3.32. The van der Waals surface area contributed by atoms with Crippen LogP contribution >= 0.6 is 0 Å². The van der Waals surface area contributed by atoms with Gasteiger partial charge in [-0.2, -0.15) is 0 Å². The van der Waals surface area contributed by atoms with Gasteiger partial charge in [-0.1, -0.05) is 20.8 Å². The maximum Gasteiger partial charge on any atom is 0.256 e. The number of hydrogen-bond acceptors (Lipinski definition) is 4. The Labute approximate surface area is 148 Å². The fourth-order valence-corrected chi connectivity index (χ4v) is 3.86. The number of β-amino-alcohol motifs (C(OH)–C–C–N with tert-alkyl or cyclic N) is 1. The van der Waals surface area contributed by atoms with Gasteiger partial charge >= 0.3 is 0 Å². The predicted octanol–water partition coefficient (Wildman–Crippen LogP) is 2.07. The summed E-state index contributed by atoms with van der Waals surface area (Å²) in [4.78, 5) is 14.2. The van der Waals surface area contributed by atoms with E-state index in [-0.39, 0.29) is 29.1 Å². The lowest BCUT2D eigenvalue weighted by atomic mass is 9.73. The second-order valence-corrected chi connectivity index (χ2v) is 9.39. The molecule has 0 radical (unpaired) electrons. The Morgan fingerprint density at radius 3 is 2.52 bits per heavy atom. The van der Waals surface area contributed by atoms with Crippen LogP contribution in [-0.4, -0.2) is 49.8 Å². The lowest BCUT2D eigenvalue weighted by molar-refractivity contribution is -0.0188. The van der Waals surface area contributed by atoms with Crippen LogP contribution in [0.1, 0.15) is 37.6 Å². The minimum absolute atomic E-state index is 0.0290. The van der Waals surface area contributed by atoms with E-state index >= 15 is 0 Å². The van der Waals surface area contributed by atoms with Crippen molar-refractivity contribution in [2.75, 3.05) is 24.1 Å². The van der Waals surface area contributed by atoms with Gasteiger partial charge in [-0.25, -0.2) is 12.8 Å². The van der Waals surface area contributed by atoms with E-state index in [1.165, 1.54) is 11.0 Å². The molecule has 0 aromatic heterocycles. The molecule has 2 rings (SSSR count). The van der Waals surface area contributed by atoms with Crippen LogP contribution in [0.15, 0.2) is 18.2 Å². The van der Waals surface area contributed by atoms with Crippen molar-refractivity contribution >= 4 is 21.6 Å². The van der Waals surface area contributed by atoms with Gasteiger partial charge < -0.3 is 10.0 Å². The number of carbonyl (C=O) groups is 1. The number of aliphatic hydroxyl groups is 1. The molecule has 2 N–H and O–H groups in total. The smallest absolute Gasteiger partial charge is 0.256 e. The van der Waals surface area contributed by atoms with Gasteiger partial charge in [-0.05, 0) is 36.0 Å². The lowest BCUT2D eigenvalue weighted by Crippen LogP contribution is -2.50. The molecule has 1 saturated heterocycles. The molecular formula is C17H25FN2O4S. The second-order valence-electron chi connectivity index (χ2n) is 7.64. The molecule has 1 heterocycles. The average Bonchev–Trinajstić information content (AvgIpc) is 2.45. The molecule has 0 spiro atoms. The minimum atomic E-state index is -3.61. The van der Waals surface area contributed by atoms with Gasteiger partial charge in [-0.3, -0.25) is 9.52 Å². The molecule has 0 unspecified atom stereocenters. The van der Waals surface area contributed by atoms with Gasteiger partial charge in [0, 0.05) is 13.1 Å². The molecule has 1 fully saturated rings. The quantitative estimate of drug-likeness (QED) is 0.850. The van der Waals surface area contributed by atoms with Crippen molar-refractivity contribution in [3.8, 4) is 0 Å². The third kappa shape index (κ3) is 4.92. The zero-order chi connectivity index (χ0) is 19.0. The summed E-state index contributed by atoms with van der Waals surface area (Å²) >= 11 is 0. The molecule has 0 bridgehead atoms. The number of benzene rings is 1. The molecule has 25 heavy (non-hydrogen) atoms. The number of amides is 1. The van der Waals surface area contributed by atoms with Crippen molar-refractivity contribution in [1.82, 2.24) is 4.90 Å². The molecule has 1 aromatic carbocycles. The van der Waals surface area contributed by atoms with Crippen molar-refractivity contribution in [1.29, 1.82) is 0 Å². The van der Waals surface area contributed by atoms with Gasteiger partial charge in [0.2, 0.25) is 10.0 Å². The third-order valence-corrected chi connectivity index (χ3v) is 5.08. The van der Waals surface area contributed by atoms with E-state index in [1.807, 2.05) is 20.8 Å². The Morgan fingerprint density at radius 2 is 2.00 bits per heavy atom. The van der Waals surface area contributed by atoms with Gasteiger partial charge in [-0.15, -0.1) is 0 Å². The number of hydrogen-bond donors (Lipinski definition) is 2. The van der Waals surface area contributed by atoms with E-state index in [2.05, 4.69) is 4.72 Å². The van der Waals surface area contributed by atoms with Crippen molar-refractivity contribution in [3.05, 3.63) is 29.6 Å². The number of likely N-dealkylation sites (tertiary alicyclic amines) is 1. The number of aliphatic hydroxyl groups excluding tert-OH is 1. The van der Waals surface area contributed by atoms with E-state index in [9.17, 15) is 22.7 Å². The first-order valence-corrected chi connectivity index (χ1v) is 10.0. The Bertz CT molecular complexity index is 758. The largest absolute Gasteiger partial charge is 0.391 e. The van der Waals surface area contributed by atoms with E-state index in [4.69, 9.17) is 0 Å². The Hall–Kier alpha value is -1.67. The molecule has 2 atom stereocenters. The molecule has 0 aliphatic carbocycles. The fourth-order valence-electron chi connectivity index (χ4n) is 3.28. The molecule has 1 aliphatic heterocycles. The second kappa shape index (κ2) is 6.92. The summed E-state index contributed by atoms with van der Waals surface area (Å²) in [5.74, 6) is -1.08. The van der Waals surface area contributed by atoms with Gasteiger partial charge in [0.25, 0.3) is 5.91 Å². The lowest BCUT2D eigenvalue weighted by Gasteiger charge is -2.42. The average molecular weight is 372 g/mol. The predicted molar refractivity (Wildman–Crippen MR) is 94.3 cm³/mol. The third-order valence-electron chi connectivity index (χ3n) is 4.49. The number of sulfonamides is 1. The summed E-state index contributed by atoms with van der Waals surface area (Å²) in [7, 11) is -3.61. The summed E-state index contributed by atoms with van der Waals surface area (Å²) in [5.41, 5.74) is -0.121. The van der Waals surface area contributed by atoms with E-state index in [0.29, 0.717) is 13.0 Å². The first-order valence-electron chi connectivity index (χ1n) is 8.13. The highest BCUT2D eigenvalue weighted by Gasteiger charge is 2.37. The van der Waals surface area contributed by atoms with Crippen LogP contribution in [0.25, 0.3) is 0 Å². The number of nitrogens with one attached hydrogen (secondary N) is 1. The molecule has 1 aliphatic rings. The number of carbonyl (C=O) groups excluding carboxylic acids is 1. The number of nitrogens with zero attached hydrogens (tertiary/aromatic N) is 1. The number of halogens is 1. The van der Waals surface area contributed by atoms with Gasteiger partial charge in [0.05, 0.1) is 23.6 Å². The van der Waals surface area contributed by atoms with E-state index in [1.54, 1.807) is 0 Å². The van der Waals surface area contributed by atoms with Gasteiger partial charge in [0.1, 0.15) is 5.82 Å². The zero-order valence-corrected chi connectivity index (χ0v) is 15.7. The number of anilines is 1. The molecule has 1 aromatic rings. The normalized spacial score (nSPS) is 21.9. The molecule has 1 amide bonds. The maximum absolute atomic E-state index is 13.6. The van der Waals surface area contributed by atoms with Crippen molar-refractivity contribution in [3.63, 3.8) is 0 Å². The number of piperidine rings is 1. The highest BCUT2D eigenvalue weighted by atomic mass is 32.2. The Morgan fingerprint density at radius 1 is 1.36 bits per heavy atom. The fraction of sp³-hybridized carbons (Fsp3) is 0.588. The summed E-state index contributed by atoms with van der Waals surface area (Å²) in [6.45, 7) is 6.68. The maximum atomic E-state index is 13.6. The minimum Gasteiger partial charge on any atom is -0.391 e. The van der Waals surface area contributed by atoms with Crippen molar-refractivity contribution in [2.45, 2.75) is 33.3 Å². The first kappa shape index (κ1) is 19.7. The van der Waals surface area contributed by atoms with E-state index in [0.717, 1.165) is 18.4 Å². The summed E-state index contributed by atoms with van der Waals surface area (Å²) in [5, 5.41) is 10.4. The Balaban J connectivity index is 2.25. The van der Waals surface area contributed by atoms with Crippen molar-refractivity contribution in [2.24, 2.45) is 11.3 Å². The van der Waals surface area contributed by atoms with Crippen molar-refractivity contribution < 1.29 is 22.7 Å². The SMILES string of the molecule is CC(C)(C)[C@@H]1CCN(C(=O)c2cc(F)ccc2NS(C)(=O)=O)C[C@H]1O. The van der Waals surface area contributed by atoms with Crippen LogP contribution in [0.2, 0.25) is 0 Å². The summed E-state index contributed by atoms with van der Waals surface area (Å²) in [6.07, 6.45) is 0.904. The first-order chi connectivity index (χ1) is 11.4. The molecule has 140 valence electrons. The Kier molecular flexibility index (Phi) is 5.44. The van der Waals surface area contributed by atoms with Crippen LogP contribution in [0, 0.1) is 17.2 Å². The van der Waals surface area contributed by atoms with Crippen LogP contribution in [0.3, 0.4) is 0 Å². The highest BCUT2D eigenvalue weighted by Crippen LogP contribution is 2.35. The highest BCUT2D eigenvalue weighted by molar-refractivity contribution is 7.92. The zero-order valence-electron chi connectivity index (χ0n) is 14.9. The summed E-state index contributed by atoms with van der Waals surface area (Å²) < 4.78 is 38.8.